The fourth-order valence-electron chi connectivity index (χ4n) is 3.60. The van der Waals surface area contributed by atoms with Gasteiger partial charge in [-0.3, -0.25) is 14.3 Å². The van der Waals surface area contributed by atoms with Crippen LogP contribution in [-0.2, 0) is 16.6 Å². The highest BCUT2D eigenvalue weighted by Gasteiger charge is 2.28. The van der Waals surface area contributed by atoms with Crippen LogP contribution in [0.4, 0.5) is 11.4 Å². The Labute approximate surface area is 159 Å². The predicted molar refractivity (Wildman–Crippen MR) is 105 cm³/mol. The van der Waals surface area contributed by atoms with Gasteiger partial charge in [0.05, 0.1) is 30.2 Å². The van der Waals surface area contributed by atoms with E-state index in [0.717, 1.165) is 48.7 Å². The van der Waals surface area contributed by atoms with E-state index < -0.39 is 0 Å². The smallest absolute Gasteiger partial charge is 0.279 e. The van der Waals surface area contributed by atoms with Gasteiger partial charge in [-0.2, -0.15) is 5.10 Å². The summed E-state index contributed by atoms with van der Waals surface area (Å²) in [5.41, 5.74) is 3.42. The second kappa shape index (κ2) is 8.35. The first-order chi connectivity index (χ1) is 12.9. The number of nitrogens with one attached hydrogen (secondary N) is 3. The molecule has 2 heterocycles. The van der Waals surface area contributed by atoms with Crippen LogP contribution in [-0.4, -0.2) is 41.2 Å². The summed E-state index contributed by atoms with van der Waals surface area (Å²) in [5, 5.41) is 10.3. The maximum Gasteiger partial charge on any atom is 0.279 e. The second-order valence-electron chi connectivity index (χ2n) is 7.27. The summed E-state index contributed by atoms with van der Waals surface area (Å²) in [5.74, 6) is 0.0857. The van der Waals surface area contributed by atoms with E-state index >= 15 is 0 Å². The van der Waals surface area contributed by atoms with Crippen LogP contribution in [0.2, 0.25) is 0 Å². The molecule has 7 nitrogen and oxygen atoms in total. The van der Waals surface area contributed by atoms with Gasteiger partial charge < -0.3 is 15.5 Å². The Balaban J connectivity index is 1.46. The number of likely N-dealkylation sites (tertiary alicyclic amines) is 1. The molecule has 0 radical (unpaired) electrons. The lowest BCUT2D eigenvalue weighted by atomic mass is 9.96. The summed E-state index contributed by atoms with van der Waals surface area (Å²) < 4.78 is 1.77. The second-order valence-corrected chi connectivity index (χ2v) is 7.27. The molecule has 3 rings (SSSR count). The lowest BCUT2D eigenvalue weighted by Gasteiger charge is -2.28. The summed E-state index contributed by atoms with van der Waals surface area (Å²) >= 11 is 0. The van der Waals surface area contributed by atoms with E-state index in [1.165, 1.54) is 4.90 Å². The number of nitrogens with zero attached hydrogens (tertiary/aromatic N) is 2. The number of hydrogen-bond donors (Lipinski definition) is 3. The zero-order valence-corrected chi connectivity index (χ0v) is 16.2. The molecule has 2 amide bonds. The van der Waals surface area contributed by atoms with Gasteiger partial charge in [-0.15, -0.1) is 0 Å². The van der Waals surface area contributed by atoms with E-state index in [1.54, 1.807) is 4.68 Å². The van der Waals surface area contributed by atoms with Crippen molar-refractivity contribution in [3.8, 4) is 0 Å². The van der Waals surface area contributed by atoms with Gasteiger partial charge in [-0.1, -0.05) is 18.2 Å². The van der Waals surface area contributed by atoms with Crippen molar-refractivity contribution in [2.45, 2.75) is 26.7 Å². The van der Waals surface area contributed by atoms with Crippen LogP contribution in [0, 0.1) is 19.8 Å². The first-order valence-corrected chi connectivity index (χ1v) is 9.43. The molecular formula is C20H28N5O2+. The molecule has 0 spiro atoms. The van der Waals surface area contributed by atoms with Crippen LogP contribution in [0.1, 0.15) is 24.2 Å². The van der Waals surface area contributed by atoms with E-state index in [9.17, 15) is 9.59 Å². The highest BCUT2D eigenvalue weighted by Crippen LogP contribution is 2.18. The van der Waals surface area contributed by atoms with Gasteiger partial charge in [0, 0.05) is 31.5 Å². The minimum atomic E-state index is -0.00335. The van der Waals surface area contributed by atoms with Crippen molar-refractivity contribution in [2.24, 2.45) is 13.0 Å². The molecule has 1 aromatic heterocycles. The molecule has 27 heavy (non-hydrogen) atoms. The number of rotatable bonds is 5. The lowest BCUT2D eigenvalue weighted by molar-refractivity contribution is -0.897. The fraction of sp³-hybridized carbons (Fsp3) is 0.450. The predicted octanol–water partition coefficient (Wildman–Crippen LogP) is 0.909. The molecule has 1 fully saturated rings. The van der Waals surface area contributed by atoms with Crippen molar-refractivity contribution >= 4 is 23.2 Å². The van der Waals surface area contributed by atoms with Crippen molar-refractivity contribution in [3.63, 3.8) is 0 Å². The van der Waals surface area contributed by atoms with Gasteiger partial charge in [0.2, 0.25) is 5.91 Å². The first-order valence-electron chi connectivity index (χ1n) is 9.43. The largest absolute Gasteiger partial charge is 0.327 e. The minimum absolute atomic E-state index is 0.00335. The molecule has 1 aliphatic rings. The Morgan fingerprint density at radius 1 is 1.15 bits per heavy atom. The molecule has 1 saturated heterocycles. The van der Waals surface area contributed by atoms with Crippen LogP contribution in [0.3, 0.4) is 0 Å². The standard InChI is InChI=1S/C20H27N5O2/c1-14-19(15(2)24(3)23-14)22-18(26)13-25-11-9-16(10-12-25)20(27)21-17-7-5-4-6-8-17/h4-8,16H,9-13H2,1-3H3,(H,21,27)(H,22,26)/p+1. The first kappa shape index (κ1) is 19.1. The average Bonchev–Trinajstić information content (AvgIpc) is 2.89. The van der Waals surface area contributed by atoms with E-state index in [2.05, 4.69) is 15.7 Å². The van der Waals surface area contributed by atoms with Crippen molar-refractivity contribution < 1.29 is 14.5 Å². The summed E-state index contributed by atoms with van der Waals surface area (Å²) in [6, 6.07) is 9.53. The number of anilines is 2. The maximum atomic E-state index is 12.4. The van der Waals surface area contributed by atoms with Crippen molar-refractivity contribution in [1.29, 1.82) is 0 Å². The Bertz CT molecular complexity index is 807. The van der Waals surface area contributed by atoms with Crippen molar-refractivity contribution in [1.82, 2.24) is 9.78 Å². The number of benzene rings is 1. The minimum Gasteiger partial charge on any atom is -0.327 e. The number of carbonyl (C=O) groups is 2. The van der Waals surface area contributed by atoms with Crippen LogP contribution < -0.4 is 15.5 Å². The number of piperidine rings is 1. The van der Waals surface area contributed by atoms with Gasteiger partial charge in [0.15, 0.2) is 6.54 Å². The highest BCUT2D eigenvalue weighted by atomic mass is 16.2. The quantitative estimate of drug-likeness (QED) is 0.732. The van der Waals surface area contributed by atoms with Crippen LogP contribution in [0.25, 0.3) is 0 Å². The van der Waals surface area contributed by atoms with Crippen LogP contribution >= 0.6 is 0 Å². The monoisotopic (exact) mass is 370 g/mol. The van der Waals surface area contributed by atoms with E-state index in [0.29, 0.717) is 6.54 Å². The number of carbonyl (C=O) groups excluding carboxylic acids is 2. The lowest BCUT2D eigenvalue weighted by Crippen LogP contribution is -3.14. The Morgan fingerprint density at radius 2 is 1.81 bits per heavy atom. The van der Waals surface area contributed by atoms with Crippen LogP contribution in [0.15, 0.2) is 30.3 Å². The van der Waals surface area contributed by atoms with Gasteiger partial charge in [0.25, 0.3) is 5.91 Å². The van der Waals surface area contributed by atoms with E-state index in [4.69, 9.17) is 0 Å². The molecular weight excluding hydrogens is 342 g/mol. The molecule has 0 atom stereocenters. The molecule has 0 bridgehead atoms. The van der Waals surface area contributed by atoms with E-state index in [-0.39, 0.29) is 17.7 Å². The third kappa shape index (κ3) is 4.74. The number of amides is 2. The molecule has 1 aliphatic heterocycles. The summed E-state index contributed by atoms with van der Waals surface area (Å²) in [4.78, 5) is 26.0. The summed E-state index contributed by atoms with van der Waals surface area (Å²) in [6.45, 7) is 5.91. The molecule has 0 saturated carbocycles. The van der Waals surface area contributed by atoms with E-state index in [1.807, 2.05) is 51.2 Å². The third-order valence-corrected chi connectivity index (χ3v) is 5.29. The molecule has 2 aromatic rings. The summed E-state index contributed by atoms with van der Waals surface area (Å²) in [6.07, 6.45) is 1.60. The third-order valence-electron chi connectivity index (χ3n) is 5.29. The average molecular weight is 370 g/mol. The van der Waals surface area contributed by atoms with Gasteiger partial charge in [-0.25, -0.2) is 0 Å². The van der Waals surface area contributed by atoms with Crippen LogP contribution in [0.5, 0.6) is 0 Å². The number of quaternary nitrogens is 1. The Hall–Kier alpha value is -2.67. The zero-order chi connectivity index (χ0) is 19.4. The van der Waals surface area contributed by atoms with Crippen molar-refractivity contribution in [3.05, 3.63) is 41.7 Å². The molecule has 3 N–H and O–H groups in total. The number of aryl methyl sites for hydroxylation is 2. The number of para-hydroxylation sites is 1. The SMILES string of the molecule is Cc1nn(C)c(C)c1NC(=O)C[NH+]1CCC(C(=O)Nc2ccccc2)CC1. The van der Waals surface area contributed by atoms with Gasteiger partial charge in [-0.05, 0) is 26.0 Å². The fourth-order valence-corrected chi connectivity index (χ4v) is 3.60. The van der Waals surface area contributed by atoms with Crippen molar-refractivity contribution in [2.75, 3.05) is 30.3 Å². The number of hydrogen-bond acceptors (Lipinski definition) is 3. The summed E-state index contributed by atoms with van der Waals surface area (Å²) in [7, 11) is 1.87. The molecule has 1 aromatic carbocycles. The van der Waals surface area contributed by atoms with Gasteiger partial charge >= 0.3 is 0 Å². The highest BCUT2D eigenvalue weighted by molar-refractivity contribution is 5.93. The van der Waals surface area contributed by atoms with Gasteiger partial charge in [0.1, 0.15) is 0 Å². The molecule has 7 heteroatoms. The maximum absolute atomic E-state index is 12.4. The number of aromatic nitrogens is 2. The Morgan fingerprint density at radius 3 is 2.41 bits per heavy atom. The topological polar surface area (TPSA) is 80.5 Å². The Kier molecular flexibility index (Phi) is 5.91. The molecule has 144 valence electrons. The zero-order valence-electron chi connectivity index (χ0n) is 16.2. The molecule has 0 unspecified atom stereocenters. The molecule has 0 aliphatic carbocycles. The normalized spacial score (nSPS) is 19.5.